The fourth-order valence-corrected chi connectivity index (χ4v) is 3.78. The molecular weight excluding hydrogens is 436 g/mol. The minimum absolute atomic E-state index is 0.316. The maximum absolute atomic E-state index is 12.4. The number of rotatable bonds is 9. The Morgan fingerprint density at radius 2 is 1.30 bits per heavy atom. The van der Waals surface area contributed by atoms with Crippen LogP contribution in [-0.2, 0) is 11.2 Å². The molecule has 3 rings (SSSR count). The summed E-state index contributed by atoms with van der Waals surface area (Å²) in [5.41, 5.74) is 3.63. The lowest BCUT2D eigenvalue weighted by Crippen LogP contribution is -2.22. The van der Waals surface area contributed by atoms with Crippen LogP contribution in [0, 0.1) is 5.92 Å². The largest absolute Gasteiger partial charge is 0.425 e. The zero-order chi connectivity index (χ0) is 23.8. The number of alkyl halides is 1. The topological polar surface area (TPSA) is 52.6 Å². The van der Waals surface area contributed by atoms with Gasteiger partial charge in [-0.05, 0) is 71.8 Å². The third-order valence-corrected chi connectivity index (χ3v) is 5.49. The molecule has 0 saturated heterocycles. The molecule has 172 valence electrons. The molecule has 0 heterocycles. The van der Waals surface area contributed by atoms with Crippen molar-refractivity contribution in [1.82, 2.24) is 0 Å². The quantitative estimate of drug-likeness (QED) is 0.193. The predicted molar refractivity (Wildman–Crippen MR) is 132 cm³/mol. The summed E-state index contributed by atoms with van der Waals surface area (Å²) in [7, 11) is 0. The van der Waals surface area contributed by atoms with Gasteiger partial charge in [-0.2, -0.15) is 0 Å². The van der Waals surface area contributed by atoms with Crippen LogP contribution >= 0.6 is 11.6 Å². The zero-order valence-corrected chi connectivity index (χ0v) is 20.0. The van der Waals surface area contributed by atoms with E-state index in [-0.39, 0.29) is 5.97 Å². The van der Waals surface area contributed by atoms with E-state index < -0.39 is 11.3 Å². The summed E-state index contributed by atoms with van der Waals surface area (Å²) in [6.45, 7) is 6.14. The Bertz CT molecular complexity index is 1050. The van der Waals surface area contributed by atoms with Crippen LogP contribution in [0.1, 0.15) is 49.5 Å². The zero-order valence-electron chi connectivity index (χ0n) is 19.2. The SMILES string of the molecule is CCCc1ccc(C(=O)Oc2ccc(-c3ccc(OC(=O)[C@@H](Cl)CC(C)C)cc3)cc2)cc1. The molecule has 0 radical (unpaired) electrons. The maximum atomic E-state index is 12.4. The van der Waals surface area contributed by atoms with Crippen LogP contribution in [0.15, 0.2) is 72.8 Å². The Kier molecular flexibility index (Phi) is 8.67. The van der Waals surface area contributed by atoms with Gasteiger partial charge in [-0.1, -0.05) is 63.6 Å². The number of carbonyl (C=O) groups excluding carboxylic acids is 2. The number of carbonyl (C=O) groups is 2. The molecule has 3 aromatic carbocycles. The molecule has 0 saturated carbocycles. The number of benzene rings is 3. The average Bonchev–Trinajstić information content (AvgIpc) is 2.80. The second kappa shape index (κ2) is 11.7. The molecule has 0 unspecified atom stereocenters. The van der Waals surface area contributed by atoms with Crippen molar-refractivity contribution in [3.8, 4) is 22.6 Å². The predicted octanol–water partition coefficient (Wildman–Crippen LogP) is 7.08. The van der Waals surface area contributed by atoms with Crippen molar-refractivity contribution < 1.29 is 19.1 Å². The fraction of sp³-hybridized carbons (Fsp3) is 0.286. The highest BCUT2D eigenvalue weighted by atomic mass is 35.5. The van der Waals surface area contributed by atoms with Crippen LogP contribution in [0.5, 0.6) is 11.5 Å². The number of aryl methyl sites for hydroxylation is 1. The Morgan fingerprint density at radius 1 is 0.788 bits per heavy atom. The first-order chi connectivity index (χ1) is 15.9. The molecule has 0 fully saturated rings. The van der Waals surface area contributed by atoms with Crippen molar-refractivity contribution in [2.75, 3.05) is 0 Å². The molecule has 0 aliphatic rings. The van der Waals surface area contributed by atoms with Crippen molar-refractivity contribution in [3.63, 3.8) is 0 Å². The van der Waals surface area contributed by atoms with Gasteiger partial charge in [0.05, 0.1) is 5.56 Å². The van der Waals surface area contributed by atoms with Gasteiger partial charge in [0.1, 0.15) is 16.9 Å². The Morgan fingerprint density at radius 3 is 1.79 bits per heavy atom. The van der Waals surface area contributed by atoms with E-state index in [2.05, 4.69) is 6.92 Å². The van der Waals surface area contributed by atoms with Crippen LogP contribution < -0.4 is 9.47 Å². The molecule has 0 amide bonds. The number of esters is 2. The van der Waals surface area contributed by atoms with Gasteiger partial charge in [-0.15, -0.1) is 11.6 Å². The number of hydrogen-bond donors (Lipinski definition) is 0. The molecule has 0 aromatic heterocycles. The molecular formula is C28H29ClO4. The highest BCUT2D eigenvalue weighted by Gasteiger charge is 2.19. The van der Waals surface area contributed by atoms with Gasteiger partial charge in [0.2, 0.25) is 0 Å². The first kappa shape index (κ1) is 24.5. The molecule has 0 spiro atoms. The van der Waals surface area contributed by atoms with Gasteiger partial charge in [0, 0.05) is 0 Å². The van der Waals surface area contributed by atoms with Crippen LogP contribution in [0.3, 0.4) is 0 Å². The third kappa shape index (κ3) is 7.19. The van der Waals surface area contributed by atoms with Gasteiger partial charge in [-0.3, -0.25) is 4.79 Å². The lowest BCUT2D eigenvalue weighted by atomic mass is 10.1. The molecule has 3 aromatic rings. The summed E-state index contributed by atoms with van der Waals surface area (Å²) in [6, 6.07) is 22.0. The normalized spacial score (nSPS) is 11.8. The van der Waals surface area contributed by atoms with Crippen molar-refractivity contribution in [3.05, 3.63) is 83.9 Å². The van der Waals surface area contributed by atoms with E-state index in [0.717, 1.165) is 24.0 Å². The molecule has 33 heavy (non-hydrogen) atoms. The summed E-state index contributed by atoms with van der Waals surface area (Å²) in [6.07, 6.45) is 2.63. The molecule has 0 aliphatic carbocycles. The van der Waals surface area contributed by atoms with Gasteiger partial charge < -0.3 is 9.47 Å². The van der Waals surface area contributed by atoms with E-state index in [0.29, 0.717) is 29.4 Å². The van der Waals surface area contributed by atoms with Crippen LogP contribution in [0.4, 0.5) is 0 Å². The lowest BCUT2D eigenvalue weighted by molar-refractivity contribution is -0.134. The highest BCUT2D eigenvalue weighted by molar-refractivity contribution is 6.30. The average molecular weight is 465 g/mol. The smallest absolute Gasteiger partial charge is 0.343 e. The minimum atomic E-state index is -0.658. The number of hydrogen-bond acceptors (Lipinski definition) is 4. The second-order valence-electron chi connectivity index (χ2n) is 8.40. The molecule has 0 aliphatic heterocycles. The van der Waals surface area contributed by atoms with Crippen molar-refractivity contribution in [1.29, 1.82) is 0 Å². The summed E-state index contributed by atoms with van der Waals surface area (Å²) in [5.74, 6) is 0.422. The summed E-state index contributed by atoms with van der Waals surface area (Å²) in [4.78, 5) is 24.5. The Hall–Kier alpha value is -3.11. The van der Waals surface area contributed by atoms with Crippen molar-refractivity contribution >= 4 is 23.5 Å². The van der Waals surface area contributed by atoms with Gasteiger partial charge >= 0.3 is 11.9 Å². The van der Waals surface area contributed by atoms with Crippen molar-refractivity contribution in [2.45, 2.75) is 45.4 Å². The van der Waals surface area contributed by atoms with E-state index >= 15 is 0 Å². The van der Waals surface area contributed by atoms with E-state index in [9.17, 15) is 9.59 Å². The minimum Gasteiger partial charge on any atom is -0.425 e. The Labute approximate surface area is 200 Å². The molecule has 0 N–H and O–H groups in total. The van der Waals surface area contributed by atoms with E-state index in [1.807, 2.05) is 50.2 Å². The summed E-state index contributed by atoms with van der Waals surface area (Å²) >= 11 is 6.10. The van der Waals surface area contributed by atoms with Crippen LogP contribution in [-0.4, -0.2) is 17.3 Å². The first-order valence-electron chi connectivity index (χ1n) is 11.2. The van der Waals surface area contributed by atoms with Crippen molar-refractivity contribution in [2.24, 2.45) is 5.92 Å². The number of ether oxygens (including phenoxy) is 2. The van der Waals surface area contributed by atoms with E-state index in [1.165, 1.54) is 5.56 Å². The monoisotopic (exact) mass is 464 g/mol. The Balaban J connectivity index is 1.59. The van der Waals surface area contributed by atoms with Gasteiger partial charge in [0.15, 0.2) is 0 Å². The fourth-order valence-electron chi connectivity index (χ4n) is 3.38. The maximum Gasteiger partial charge on any atom is 0.343 e. The second-order valence-corrected chi connectivity index (χ2v) is 8.93. The molecule has 0 bridgehead atoms. The summed E-state index contributed by atoms with van der Waals surface area (Å²) in [5, 5.41) is -0.658. The van der Waals surface area contributed by atoms with Gasteiger partial charge in [-0.25, -0.2) is 4.79 Å². The van der Waals surface area contributed by atoms with Crippen LogP contribution in [0.2, 0.25) is 0 Å². The molecule has 4 nitrogen and oxygen atoms in total. The van der Waals surface area contributed by atoms with E-state index in [4.69, 9.17) is 21.1 Å². The highest BCUT2D eigenvalue weighted by Crippen LogP contribution is 2.26. The summed E-state index contributed by atoms with van der Waals surface area (Å²) < 4.78 is 10.9. The third-order valence-electron chi connectivity index (χ3n) is 5.13. The molecule has 5 heteroatoms. The lowest BCUT2D eigenvalue weighted by Gasteiger charge is -2.12. The molecule has 1 atom stereocenters. The first-order valence-corrected chi connectivity index (χ1v) is 11.7. The van der Waals surface area contributed by atoms with E-state index in [1.54, 1.807) is 36.4 Å². The number of halogens is 1. The van der Waals surface area contributed by atoms with Crippen LogP contribution in [0.25, 0.3) is 11.1 Å². The standard InChI is InChI=1S/C28H29ClO4/c1-4-5-20-6-8-23(9-7-20)27(30)32-24-14-10-21(11-15-24)22-12-16-25(17-13-22)33-28(31)26(29)18-19(2)3/h6-17,19,26H,4-5,18H2,1-3H3/t26-/m0/s1. The van der Waals surface area contributed by atoms with Gasteiger partial charge in [0.25, 0.3) is 0 Å².